The molecule has 1 aliphatic carbocycles. The summed E-state index contributed by atoms with van der Waals surface area (Å²) < 4.78 is 16.5. The van der Waals surface area contributed by atoms with Crippen molar-refractivity contribution in [3.8, 4) is 11.5 Å². The number of piperazine rings is 1. The van der Waals surface area contributed by atoms with Crippen LogP contribution in [0.2, 0.25) is 0 Å². The van der Waals surface area contributed by atoms with Crippen molar-refractivity contribution in [3.63, 3.8) is 0 Å². The quantitative estimate of drug-likeness (QED) is 0.820. The van der Waals surface area contributed by atoms with Crippen molar-refractivity contribution in [1.29, 1.82) is 0 Å². The Bertz CT molecular complexity index is 1000. The minimum absolute atomic E-state index is 0.112. The van der Waals surface area contributed by atoms with Crippen LogP contribution in [0.3, 0.4) is 0 Å². The van der Waals surface area contributed by atoms with Gasteiger partial charge in [0, 0.05) is 38.4 Å². The number of ether oxygens (including phenoxy) is 3. The Labute approximate surface area is 181 Å². The van der Waals surface area contributed by atoms with Gasteiger partial charge in [-0.15, -0.1) is 0 Å². The number of fused-ring (bicyclic) bond motifs is 6. The second-order valence-corrected chi connectivity index (χ2v) is 8.72. The van der Waals surface area contributed by atoms with Gasteiger partial charge in [-0.25, -0.2) is 4.79 Å². The van der Waals surface area contributed by atoms with Gasteiger partial charge in [-0.2, -0.15) is 0 Å². The number of hydrogen-bond acceptors (Lipinski definition) is 6. The Balaban J connectivity index is 1.17. The number of rotatable bonds is 3. The minimum atomic E-state index is -0.235. The molecule has 2 bridgehead atoms. The number of anilines is 1. The number of amides is 1. The Kier molecular flexibility index (Phi) is 4.64. The van der Waals surface area contributed by atoms with Crippen LogP contribution in [-0.4, -0.2) is 50.5 Å². The molecule has 1 N–H and O–H groups in total. The van der Waals surface area contributed by atoms with Gasteiger partial charge in [0.15, 0.2) is 11.5 Å². The SMILES string of the molecule is O=C(OCc1ccc2c(c1)OCO2)N1CCC2CC1c1cc(N3CCNCC3)ccc12. The Hall–Kier alpha value is -2.93. The van der Waals surface area contributed by atoms with E-state index in [9.17, 15) is 4.79 Å². The van der Waals surface area contributed by atoms with Crippen LogP contribution in [0.1, 0.15) is 41.5 Å². The summed E-state index contributed by atoms with van der Waals surface area (Å²) in [4.78, 5) is 17.4. The minimum Gasteiger partial charge on any atom is -0.454 e. The zero-order chi connectivity index (χ0) is 20.8. The molecule has 2 atom stereocenters. The van der Waals surface area contributed by atoms with Crippen LogP contribution in [0.4, 0.5) is 10.5 Å². The van der Waals surface area contributed by atoms with Gasteiger partial charge in [0.2, 0.25) is 6.79 Å². The largest absolute Gasteiger partial charge is 0.454 e. The molecule has 2 unspecified atom stereocenters. The van der Waals surface area contributed by atoms with E-state index in [4.69, 9.17) is 14.2 Å². The highest BCUT2D eigenvalue weighted by molar-refractivity contribution is 5.70. The molecule has 6 rings (SSSR count). The first-order valence-corrected chi connectivity index (χ1v) is 11.2. The first-order chi connectivity index (χ1) is 15.3. The Morgan fingerprint density at radius 2 is 1.90 bits per heavy atom. The molecule has 1 amide bonds. The van der Waals surface area contributed by atoms with Crippen molar-refractivity contribution >= 4 is 11.8 Å². The molecule has 0 saturated carbocycles. The van der Waals surface area contributed by atoms with Gasteiger partial charge in [-0.3, -0.25) is 0 Å². The van der Waals surface area contributed by atoms with Crippen LogP contribution < -0.4 is 19.7 Å². The molecule has 162 valence electrons. The van der Waals surface area contributed by atoms with E-state index in [1.54, 1.807) is 0 Å². The van der Waals surface area contributed by atoms with Crippen molar-refractivity contribution in [2.75, 3.05) is 44.4 Å². The van der Waals surface area contributed by atoms with Gasteiger partial charge in [-0.1, -0.05) is 12.1 Å². The van der Waals surface area contributed by atoms with E-state index in [1.165, 1.54) is 16.8 Å². The average molecular weight is 421 g/mol. The molecule has 2 fully saturated rings. The number of piperidine rings is 1. The highest BCUT2D eigenvalue weighted by Gasteiger charge is 2.41. The predicted octanol–water partition coefficient (Wildman–Crippen LogP) is 3.40. The molecule has 0 radical (unpaired) electrons. The molecule has 2 saturated heterocycles. The lowest BCUT2D eigenvalue weighted by molar-refractivity contribution is 0.0694. The van der Waals surface area contributed by atoms with E-state index in [0.29, 0.717) is 11.7 Å². The fourth-order valence-electron chi connectivity index (χ4n) is 5.36. The summed E-state index contributed by atoms with van der Waals surface area (Å²) in [7, 11) is 0. The Morgan fingerprint density at radius 3 is 2.81 bits per heavy atom. The van der Waals surface area contributed by atoms with Crippen molar-refractivity contribution < 1.29 is 19.0 Å². The smallest absolute Gasteiger partial charge is 0.410 e. The number of likely N-dealkylation sites (tertiary alicyclic amines) is 1. The van der Waals surface area contributed by atoms with Gasteiger partial charge < -0.3 is 29.3 Å². The van der Waals surface area contributed by atoms with Crippen LogP contribution in [0.15, 0.2) is 36.4 Å². The summed E-state index contributed by atoms with van der Waals surface area (Å²) in [6, 6.07) is 12.6. The summed E-state index contributed by atoms with van der Waals surface area (Å²) in [5, 5.41) is 3.41. The first-order valence-electron chi connectivity index (χ1n) is 11.2. The number of nitrogens with one attached hydrogen (secondary N) is 1. The van der Waals surface area contributed by atoms with Crippen molar-refractivity contribution in [1.82, 2.24) is 10.2 Å². The van der Waals surface area contributed by atoms with Crippen LogP contribution in [-0.2, 0) is 11.3 Å². The molecule has 0 aromatic heterocycles. The average Bonchev–Trinajstić information content (AvgIpc) is 3.40. The normalized spacial score (nSPS) is 23.6. The van der Waals surface area contributed by atoms with Gasteiger partial charge in [0.05, 0.1) is 6.04 Å². The van der Waals surface area contributed by atoms with Gasteiger partial charge in [-0.05, 0) is 59.7 Å². The van der Waals surface area contributed by atoms with E-state index in [1.807, 2.05) is 23.1 Å². The molecule has 31 heavy (non-hydrogen) atoms. The van der Waals surface area contributed by atoms with Crippen LogP contribution in [0.25, 0.3) is 0 Å². The van der Waals surface area contributed by atoms with E-state index in [0.717, 1.165) is 56.9 Å². The van der Waals surface area contributed by atoms with Crippen molar-refractivity contribution in [3.05, 3.63) is 53.1 Å². The lowest BCUT2D eigenvalue weighted by atomic mass is 9.96. The van der Waals surface area contributed by atoms with Crippen LogP contribution in [0, 0.1) is 0 Å². The summed E-state index contributed by atoms with van der Waals surface area (Å²) >= 11 is 0. The van der Waals surface area contributed by atoms with E-state index in [-0.39, 0.29) is 25.5 Å². The fourth-order valence-corrected chi connectivity index (χ4v) is 5.36. The second kappa shape index (κ2) is 7.64. The third-order valence-corrected chi connectivity index (χ3v) is 6.99. The lowest BCUT2D eigenvalue weighted by Crippen LogP contribution is -2.43. The van der Waals surface area contributed by atoms with Gasteiger partial charge in [0.1, 0.15) is 6.61 Å². The zero-order valence-corrected chi connectivity index (χ0v) is 17.5. The van der Waals surface area contributed by atoms with Crippen molar-refractivity contribution in [2.24, 2.45) is 0 Å². The predicted molar refractivity (Wildman–Crippen MR) is 116 cm³/mol. The zero-order valence-electron chi connectivity index (χ0n) is 17.5. The standard InChI is InChI=1S/C24H27N3O4/c28-24(29-14-16-1-4-22-23(11-16)31-15-30-22)27-8-5-17-12-21(27)20-13-18(2-3-19(17)20)26-9-6-25-7-10-26/h1-4,11,13,17,21,25H,5-10,12,14-15H2. The number of benzene rings is 2. The molecular formula is C24H27N3O4. The van der Waals surface area contributed by atoms with Crippen LogP contribution in [0.5, 0.6) is 11.5 Å². The summed E-state index contributed by atoms with van der Waals surface area (Å²) in [6.45, 7) is 5.29. The van der Waals surface area contributed by atoms with Gasteiger partial charge in [0.25, 0.3) is 0 Å². The maximum Gasteiger partial charge on any atom is 0.410 e. The highest BCUT2D eigenvalue weighted by Crippen LogP contribution is 2.50. The molecule has 3 heterocycles. The third-order valence-electron chi connectivity index (χ3n) is 6.99. The topological polar surface area (TPSA) is 63.3 Å². The number of carbonyl (C=O) groups is 1. The molecule has 2 aromatic rings. The molecule has 7 nitrogen and oxygen atoms in total. The lowest BCUT2D eigenvalue weighted by Gasteiger charge is -2.33. The molecule has 3 aliphatic heterocycles. The first kappa shape index (κ1) is 18.8. The third kappa shape index (κ3) is 3.37. The number of hydrogen-bond donors (Lipinski definition) is 1. The summed E-state index contributed by atoms with van der Waals surface area (Å²) in [6.07, 6.45) is 1.76. The second-order valence-electron chi connectivity index (χ2n) is 8.72. The Morgan fingerprint density at radius 1 is 1.03 bits per heavy atom. The van der Waals surface area contributed by atoms with E-state index in [2.05, 4.69) is 28.4 Å². The monoisotopic (exact) mass is 421 g/mol. The fraction of sp³-hybridized carbons (Fsp3) is 0.458. The molecule has 4 aliphatic rings. The molecule has 0 spiro atoms. The maximum absolute atomic E-state index is 13.0. The number of carbonyl (C=O) groups excluding carboxylic acids is 1. The molecular weight excluding hydrogens is 394 g/mol. The van der Waals surface area contributed by atoms with Crippen LogP contribution >= 0.6 is 0 Å². The maximum atomic E-state index is 13.0. The van der Waals surface area contributed by atoms with E-state index < -0.39 is 0 Å². The molecule has 2 aromatic carbocycles. The summed E-state index contributed by atoms with van der Waals surface area (Å²) in [5.41, 5.74) is 4.88. The van der Waals surface area contributed by atoms with E-state index >= 15 is 0 Å². The summed E-state index contributed by atoms with van der Waals surface area (Å²) in [5.74, 6) is 1.99. The van der Waals surface area contributed by atoms with Gasteiger partial charge >= 0.3 is 6.09 Å². The highest BCUT2D eigenvalue weighted by atomic mass is 16.7. The number of nitrogens with zero attached hydrogens (tertiary/aromatic N) is 2. The molecule has 7 heteroatoms. The van der Waals surface area contributed by atoms with Crippen molar-refractivity contribution in [2.45, 2.75) is 31.4 Å².